The standard InChI is InChI=1S/C23H17NO/c1-15-7-2-5-11-20(15)24-21-12-6-10-18-19-14-13-16-8-3-4-9-17(16)22(19)25-23(18)21/h2-14,24H,1H3. The molecule has 0 bridgehead atoms. The molecule has 1 aromatic heterocycles. The summed E-state index contributed by atoms with van der Waals surface area (Å²) in [6, 6.07) is 27.2. The first-order chi connectivity index (χ1) is 12.3. The Hall–Kier alpha value is -3.26. The summed E-state index contributed by atoms with van der Waals surface area (Å²) in [5.41, 5.74) is 5.15. The number of nitrogens with one attached hydrogen (secondary N) is 1. The van der Waals surface area contributed by atoms with Crippen LogP contribution in [0.4, 0.5) is 11.4 Å². The van der Waals surface area contributed by atoms with Gasteiger partial charge in [0.2, 0.25) is 0 Å². The van der Waals surface area contributed by atoms with Gasteiger partial charge in [-0.2, -0.15) is 0 Å². The molecule has 0 atom stereocenters. The fraction of sp³-hybridized carbons (Fsp3) is 0.0435. The normalized spacial score (nSPS) is 11.4. The quantitative estimate of drug-likeness (QED) is 0.387. The summed E-state index contributed by atoms with van der Waals surface area (Å²) < 4.78 is 6.35. The summed E-state index contributed by atoms with van der Waals surface area (Å²) in [4.78, 5) is 0. The van der Waals surface area contributed by atoms with Crippen LogP contribution in [-0.2, 0) is 0 Å². The van der Waals surface area contributed by atoms with Gasteiger partial charge < -0.3 is 9.73 Å². The van der Waals surface area contributed by atoms with Crippen molar-refractivity contribution in [3.05, 3.63) is 84.4 Å². The maximum atomic E-state index is 6.35. The molecule has 0 aliphatic carbocycles. The van der Waals surface area contributed by atoms with E-state index in [1.165, 1.54) is 10.9 Å². The number of benzene rings is 4. The fourth-order valence-corrected chi connectivity index (χ4v) is 3.48. The van der Waals surface area contributed by atoms with Crippen molar-refractivity contribution in [3.8, 4) is 0 Å². The molecule has 0 saturated carbocycles. The number of para-hydroxylation sites is 2. The molecular weight excluding hydrogens is 306 g/mol. The van der Waals surface area contributed by atoms with Gasteiger partial charge in [0.25, 0.3) is 0 Å². The van der Waals surface area contributed by atoms with Crippen LogP contribution in [0.25, 0.3) is 32.7 Å². The third kappa shape index (κ3) is 2.18. The first-order valence-electron chi connectivity index (χ1n) is 8.47. The lowest BCUT2D eigenvalue weighted by Gasteiger charge is -2.09. The minimum atomic E-state index is 0.900. The average molecular weight is 323 g/mol. The van der Waals surface area contributed by atoms with Crippen molar-refractivity contribution in [1.29, 1.82) is 0 Å². The third-order valence-corrected chi connectivity index (χ3v) is 4.80. The van der Waals surface area contributed by atoms with Crippen LogP contribution in [0.5, 0.6) is 0 Å². The molecular formula is C23H17NO. The van der Waals surface area contributed by atoms with Crippen molar-refractivity contribution < 1.29 is 4.42 Å². The molecule has 1 heterocycles. The summed E-state index contributed by atoms with van der Waals surface area (Å²) in [5, 5.41) is 8.17. The van der Waals surface area contributed by atoms with E-state index in [1.54, 1.807) is 0 Å². The van der Waals surface area contributed by atoms with E-state index in [1.807, 2.05) is 6.07 Å². The second kappa shape index (κ2) is 5.38. The highest BCUT2D eigenvalue weighted by Crippen LogP contribution is 2.38. The molecule has 2 heteroatoms. The fourth-order valence-electron chi connectivity index (χ4n) is 3.48. The van der Waals surface area contributed by atoms with Crippen LogP contribution in [0.15, 0.2) is 83.3 Å². The Bertz CT molecular complexity index is 1230. The lowest BCUT2D eigenvalue weighted by atomic mass is 10.1. The van der Waals surface area contributed by atoms with Gasteiger partial charge in [0.15, 0.2) is 5.58 Å². The number of furan rings is 1. The number of anilines is 2. The molecule has 0 saturated heterocycles. The molecule has 5 aromatic rings. The van der Waals surface area contributed by atoms with Gasteiger partial charge in [-0.05, 0) is 36.1 Å². The maximum absolute atomic E-state index is 6.35. The Morgan fingerprint density at radius 2 is 1.32 bits per heavy atom. The third-order valence-electron chi connectivity index (χ3n) is 4.80. The molecule has 25 heavy (non-hydrogen) atoms. The Morgan fingerprint density at radius 3 is 2.24 bits per heavy atom. The largest absolute Gasteiger partial charge is 0.453 e. The van der Waals surface area contributed by atoms with Crippen molar-refractivity contribution >= 4 is 44.1 Å². The summed E-state index contributed by atoms with van der Waals surface area (Å²) in [5.74, 6) is 0. The Balaban J connectivity index is 1.78. The van der Waals surface area contributed by atoms with E-state index in [2.05, 4.69) is 85.0 Å². The van der Waals surface area contributed by atoms with Gasteiger partial charge in [-0.3, -0.25) is 0 Å². The van der Waals surface area contributed by atoms with Crippen molar-refractivity contribution in [3.63, 3.8) is 0 Å². The molecule has 4 aromatic carbocycles. The van der Waals surface area contributed by atoms with Gasteiger partial charge in [-0.15, -0.1) is 0 Å². The van der Waals surface area contributed by atoms with Crippen LogP contribution in [0.3, 0.4) is 0 Å². The molecule has 1 N–H and O–H groups in total. The molecule has 0 aliphatic heterocycles. The van der Waals surface area contributed by atoms with E-state index < -0.39 is 0 Å². The predicted molar refractivity (Wildman–Crippen MR) is 106 cm³/mol. The second-order valence-electron chi connectivity index (χ2n) is 6.39. The van der Waals surface area contributed by atoms with Crippen LogP contribution in [0.2, 0.25) is 0 Å². The monoisotopic (exact) mass is 323 g/mol. The highest BCUT2D eigenvalue weighted by atomic mass is 16.3. The highest BCUT2D eigenvalue weighted by molar-refractivity contribution is 6.17. The second-order valence-corrected chi connectivity index (χ2v) is 6.39. The molecule has 0 spiro atoms. The zero-order valence-electron chi connectivity index (χ0n) is 13.9. The highest BCUT2D eigenvalue weighted by Gasteiger charge is 2.13. The SMILES string of the molecule is Cc1ccccc1Nc1cccc2c1oc1c3ccccc3ccc21. The van der Waals surface area contributed by atoms with Crippen LogP contribution in [0, 0.1) is 6.92 Å². The molecule has 0 unspecified atom stereocenters. The van der Waals surface area contributed by atoms with Gasteiger partial charge in [0.1, 0.15) is 5.58 Å². The van der Waals surface area contributed by atoms with Crippen LogP contribution in [-0.4, -0.2) is 0 Å². The lowest BCUT2D eigenvalue weighted by Crippen LogP contribution is -1.92. The molecule has 0 amide bonds. The van der Waals surface area contributed by atoms with Crippen LogP contribution in [0.1, 0.15) is 5.56 Å². The smallest absolute Gasteiger partial charge is 0.158 e. The van der Waals surface area contributed by atoms with Crippen LogP contribution < -0.4 is 5.32 Å². The summed E-state index contributed by atoms with van der Waals surface area (Å²) in [7, 11) is 0. The number of hydrogen-bond acceptors (Lipinski definition) is 2. The van der Waals surface area contributed by atoms with Crippen molar-refractivity contribution in [2.75, 3.05) is 5.32 Å². The van der Waals surface area contributed by atoms with Gasteiger partial charge in [-0.1, -0.05) is 60.7 Å². The number of rotatable bonds is 2. The van der Waals surface area contributed by atoms with E-state index in [9.17, 15) is 0 Å². The first-order valence-corrected chi connectivity index (χ1v) is 8.47. The van der Waals surface area contributed by atoms with Crippen molar-refractivity contribution in [2.45, 2.75) is 6.92 Å². The topological polar surface area (TPSA) is 25.2 Å². The van der Waals surface area contributed by atoms with Crippen LogP contribution >= 0.6 is 0 Å². The summed E-state index contributed by atoms with van der Waals surface area (Å²) in [6.07, 6.45) is 0. The first kappa shape index (κ1) is 14.1. The predicted octanol–water partition coefficient (Wildman–Crippen LogP) is 6.79. The minimum absolute atomic E-state index is 0.900. The molecule has 0 fully saturated rings. The maximum Gasteiger partial charge on any atom is 0.158 e. The number of hydrogen-bond donors (Lipinski definition) is 1. The minimum Gasteiger partial charge on any atom is -0.453 e. The number of fused-ring (bicyclic) bond motifs is 5. The molecule has 0 radical (unpaired) electrons. The van der Waals surface area contributed by atoms with E-state index in [0.29, 0.717) is 0 Å². The summed E-state index contributed by atoms with van der Waals surface area (Å²) in [6.45, 7) is 2.11. The van der Waals surface area contributed by atoms with Gasteiger partial charge in [-0.25, -0.2) is 0 Å². The van der Waals surface area contributed by atoms with Crippen molar-refractivity contribution in [2.24, 2.45) is 0 Å². The Morgan fingerprint density at radius 1 is 0.600 bits per heavy atom. The molecule has 0 aliphatic rings. The Kier molecular flexibility index (Phi) is 3.04. The summed E-state index contributed by atoms with van der Waals surface area (Å²) >= 11 is 0. The van der Waals surface area contributed by atoms with Crippen molar-refractivity contribution in [1.82, 2.24) is 0 Å². The molecule has 120 valence electrons. The molecule has 5 rings (SSSR count). The Labute approximate surface area is 145 Å². The van der Waals surface area contributed by atoms with Gasteiger partial charge in [0, 0.05) is 21.8 Å². The number of aryl methyl sites for hydroxylation is 1. The zero-order chi connectivity index (χ0) is 16.8. The van der Waals surface area contributed by atoms with Gasteiger partial charge >= 0.3 is 0 Å². The van der Waals surface area contributed by atoms with E-state index in [4.69, 9.17) is 4.42 Å². The zero-order valence-corrected chi connectivity index (χ0v) is 13.9. The van der Waals surface area contributed by atoms with E-state index in [-0.39, 0.29) is 0 Å². The average Bonchev–Trinajstić information content (AvgIpc) is 3.04. The van der Waals surface area contributed by atoms with Gasteiger partial charge in [0.05, 0.1) is 5.69 Å². The van der Waals surface area contributed by atoms with E-state index in [0.717, 1.165) is 38.7 Å². The lowest BCUT2D eigenvalue weighted by molar-refractivity contribution is 0.674. The van der Waals surface area contributed by atoms with E-state index >= 15 is 0 Å². The molecule has 2 nitrogen and oxygen atoms in total.